The lowest BCUT2D eigenvalue weighted by Crippen LogP contribution is -2.44. The molecule has 0 spiro atoms. The van der Waals surface area contributed by atoms with Crippen LogP contribution < -0.4 is 5.73 Å². The molecule has 0 aromatic carbocycles. The summed E-state index contributed by atoms with van der Waals surface area (Å²) in [6.45, 7) is 0. The van der Waals surface area contributed by atoms with Crippen molar-refractivity contribution in [2.45, 2.75) is 49.4 Å². The highest BCUT2D eigenvalue weighted by Crippen LogP contribution is 2.43. The summed E-state index contributed by atoms with van der Waals surface area (Å²) >= 11 is 0. The van der Waals surface area contributed by atoms with Crippen LogP contribution in [0.5, 0.6) is 0 Å². The Morgan fingerprint density at radius 3 is 2.44 bits per heavy atom. The molecule has 1 aliphatic carbocycles. The Labute approximate surface area is 154 Å². The maximum Gasteiger partial charge on any atom is 0.423 e. The average Bonchev–Trinajstić information content (AvgIpc) is 3.42. The van der Waals surface area contributed by atoms with E-state index in [1.807, 2.05) is 0 Å². The third kappa shape index (κ3) is 5.39. The van der Waals surface area contributed by atoms with Crippen LogP contribution in [-0.4, -0.2) is 49.1 Å². The van der Waals surface area contributed by atoms with Crippen LogP contribution >= 0.6 is 0 Å². The largest absolute Gasteiger partial charge is 0.480 e. The second-order valence-corrected chi connectivity index (χ2v) is 9.25. The molecular weight excluding hydrogens is 387 g/mol. The van der Waals surface area contributed by atoms with Crippen LogP contribution in [0.1, 0.15) is 42.9 Å². The predicted molar refractivity (Wildman–Crippen MR) is 91.6 cm³/mol. The number of hydrogen-bond acceptors (Lipinski definition) is 6. The number of carboxylic acid groups (broad SMARTS) is 1. The number of aromatic nitrogens is 1. The molecule has 3 atom stereocenters. The van der Waals surface area contributed by atoms with E-state index in [-0.39, 0.29) is 12.3 Å². The molecule has 1 fully saturated rings. The molecule has 1 heterocycles. The molecule has 1 aromatic heterocycles. The number of pyridine rings is 1. The number of aliphatic hydroxyl groups is 1. The number of alkyl halides is 3. The van der Waals surface area contributed by atoms with Crippen LogP contribution in [0.15, 0.2) is 18.3 Å². The van der Waals surface area contributed by atoms with Gasteiger partial charge >= 0.3 is 12.1 Å². The van der Waals surface area contributed by atoms with Crippen molar-refractivity contribution < 1.29 is 32.4 Å². The topological polar surface area (TPSA) is 137 Å². The van der Waals surface area contributed by atoms with Crippen LogP contribution in [0, 0.1) is 4.78 Å². The van der Waals surface area contributed by atoms with Gasteiger partial charge in [0.2, 0.25) is 5.60 Å². The minimum atomic E-state index is -5.08. The standard InChI is InChI=1S/C16H22F3N3O4S/c17-16(18,19)15(25,13-4-3-11(9-22-13)10-1-2-10)6-8-27(21,26)7-5-12(20)14(23)24/h3-4,9-10,12,21,25H,1-2,5-8,20H2,(H,23,24)/t12-,15?,27?/m0/s1. The van der Waals surface area contributed by atoms with Gasteiger partial charge < -0.3 is 15.9 Å². The van der Waals surface area contributed by atoms with Gasteiger partial charge in [0.05, 0.1) is 5.69 Å². The molecule has 2 rings (SSSR count). The molecule has 0 radical (unpaired) electrons. The van der Waals surface area contributed by atoms with E-state index in [0.29, 0.717) is 0 Å². The number of halogens is 3. The van der Waals surface area contributed by atoms with E-state index in [0.717, 1.165) is 24.5 Å². The number of carbonyl (C=O) groups is 1. The first-order valence-electron chi connectivity index (χ1n) is 8.34. The Bertz CT molecular complexity index is 779. The smallest absolute Gasteiger partial charge is 0.423 e. The van der Waals surface area contributed by atoms with E-state index in [4.69, 9.17) is 15.6 Å². The Balaban J connectivity index is 2.12. The Morgan fingerprint density at radius 2 is 2.00 bits per heavy atom. The van der Waals surface area contributed by atoms with Crippen molar-refractivity contribution in [3.05, 3.63) is 29.6 Å². The molecule has 0 saturated heterocycles. The summed E-state index contributed by atoms with van der Waals surface area (Å²) in [5.41, 5.74) is 2.11. The highest BCUT2D eigenvalue weighted by atomic mass is 32.2. The van der Waals surface area contributed by atoms with Gasteiger partial charge in [-0.1, -0.05) is 6.07 Å². The van der Waals surface area contributed by atoms with Crippen molar-refractivity contribution in [2.24, 2.45) is 5.73 Å². The summed E-state index contributed by atoms with van der Waals surface area (Å²) in [5, 5.41) is 19.0. The van der Waals surface area contributed by atoms with Gasteiger partial charge in [0.15, 0.2) is 0 Å². The molecule has 0 bridgehead atoms. The molecule has 0 amide bonds. The maximum absolute atomic E-state index is 13.5. The predicted octanol–water partition coefficient (Wildman–Crippen LogP) is 1.95. The fraction of sp³-hybridized carbons (Fsp3) is 0.625. The fourth-order valence-corrected chi connectivity index (χ4v) is 4.04. The van der Waals surface area contributed by atoms with E-state index in [2.05, 4.69) is 4.98 Å². The van der Waals surface area contributed by atoms with E-state index in [9.17, 15) is 27.3 Å². The highest BCUT2D eigenvalue weighted by Gasteiger charge is 2.56. The second kappa shape index (κ2) is 7.72. The Kier molecular flexibility index (Phi) is 6.17. The van der Waals surface area contributed by atoms with Crippen LogP contribution in [0.3, 0.4) is 0 Å². The summed E-state index contributed by atoms with van der Waals surface area (Å²) in [6, 6.07) is 1.24. The fourth-order valence-electron chi connectivity index (χ4n) is 2.58. The third-order valence-electron chi connectivity index (χ3n) is 4.60. The summed E-state index contributed by atoms with van der Waals surface area (Å²) in [6.07, 6.45) is -3.21. The molecule has 0 aliphatic heterocycles. The van der Waals surface area contributed by atoms with Crippen LogP contribution in [0.4, 0.5) is 13.2 Å². The number of rotatable bonds is 9. The lowest BCUT2D eigenvalue weighted by molar-refractivity contribution is -0.268. The van der Waals surface area contributed by atoms with E-state index in [1.54, 1.807) is 0 Å². The molecule has 1 aliphatic rings. The lowest BCUT2D eigenvalue weighted by atomic mass is 9.94. The van der Waals surface area contributed by atoms with Gasteiger partial charge in [0.1, 0.15) is 6.04 Å². The average molecular weight is 409 g/mol. The second-order valence-electron chi connectivity index (χ2n) is 6.81. The van der Waals surface area contributed by atoms with Crippen LogP contribution in [-0.2, 0) is 20.1 Å². The van der Waals surface area contributed by atoms with Crippen LogP contribution in [0.2, 0.25) is 0 Å². The van der Waals surface area contributed by atoms with Gasteiger partial charge in [-0.25, -0.2) is 4.21 Å². The van der Waals surface area contributed by atoms with Crippen molar-refractivity contribution in [1.82, 2.24) is 4.98 Å². The van der Waals surface area contributed by atoms with Gasteiger partial charge in [-0.2, -0.15) is 13.2 Å². The van der Waals surface area contributed by atoms with Crippen molar-refractivity contribution in [3.8, 4) is 0 Å². The molecule has 152 valence electrons. The normalized spacial score (nSPS) is 20.5. The first kappa shape index (κ1) is 21.6. The van der Waals surface area contributed by atoms with Gasteiger partial charge in [0.25, 0.3) is 0 Å². The lowest BCUT2D eigenvalue weighted by Gasteiger charge is -2.30. The van der Waals surface area contributed by atoms with Gasteiger partial charge in [-0.15, -0.1) is 0 Å². The number of nitrogens with zero attached hydrogens (tertiary/aromatic N) is 1. The van der Waals surface area contributed by atoms with Gasteiger partial charge in [-0.05, 0) is 36.8 Å². The molecule has 2 unspecified atom stereocenters. The Hall–Kier alpha value is -1.72. The van der Waals surface area contributed by atoms with Crippen molar-refractivity contribution in [1.29, 1.82) is 4.78 Å². The zero-order valence-corrected chi connectivity index (χ0v) is 15.2. The number of nitrogens with one attached hydrogen (secondary N) is 1. The van der Waals surface area contributed by atoms with E-state index < -0.39 is 57.1 Å². The van der Waals surface area contributed by atoms with Crippen molar-refractivity contribution >= 4 is 15.7 Å². The molecule has 11 heteroatoms. The monoisotopic (exact) mass is 409 g/mol. The molecule has 7 nitrogen and oxygen atoms in total. The number of carboxylic acids is 1. The highest BCUT2D eigenvalue weighted by molar-refractivity contribution is 7.92. The summed E-state index contributed by atoms with van der Waals surface area (Å²) in [7, 11) is -3.55. The quantitative estimate of drug-likeness (QED) is 0.492. The summed E-state index contributed by atoms with van der Waals surface area (Å²) < 4.78 is 60.4. The SMILES string of the molecule is N=S(=O)(CC[C@H](N)C(=O)O)CCC(O)(c1ccc(C2CC2)cn1)C(F)(F)F. The molecule has 1 saturated carbocycles. The maximum atomic E-state index is 13.5. The summed E-state index contributed by atoms with van der Waals surface area (Å²) in [4.78, 5) is 14.4. The minimum Gasteiger partial charge on any atom is -0.480 e. The van der Waals surface area contributed by atoms with Gasteiger partial charge in [0, 0.05) is 33.9 Å². The zero-order valence-electron chi connectivity index (χ0n) is 14.4. The molecular formula is C16H22F3N3O4S. The first-order valence-corrected chi connectivity index (χ1v) is 10.2. The van der Waals surface area contributed by atoms with Crippen molar-refractivity contribution in [2.75, 3.05) is 11.5 Å². The molecule has 27 heavy (non-hydrogen) atoms. The Morgan fingerprint density at radius 1 is 1.37 bits per heavy atom. The zero-order chi connectivity index (χ0) is 20.5. The van der Waals surface area contributed by atoms with E-state index >= 15 is 0 Å². The molecule has 5 N–H and O–H groups in total. The number of nitrogens with two attached hydrogens (primary N) is 1. The number of hydrogen-bond donors (Lipinski definition) is 4. The first-order chi connectivity index (χ1) is 12.4. The van der Waals surface area contributed by atoms with E-state index in [1.165, 1.54) is 12.3 Å². The minimum absolute atomic E-state index is 0.288. The van der Waals surface area contributed by atoms with Crippen molar-refractivity contribution in [3.63, 3.8) is 0 Å². The number of aliphatic carboxylic acids is 1. The molecule has 1 aromatic rings. The van der Waals surface area contributed by atoms with Gasteiger partial charge in [-0.3, -0.25) is 14.6 Å². The summed E-state index contributed by atoms with van der Waals surface area (Å²) in [5.74, 6) is -2.29. The van der Waals surface area contributed by atoms with Crippen LogP contribution in [0.25, 0.3) is 0 Å². The third-order valence-corrected chi connectivity index (χ3v) is 6.36.